The SMILES string of the molecule is COC(=O)c1cc(C(C)=O)c(C)cc1N.COC(=O)c1cc(C(C)=O)c(C)cc1NC(C)=O.COC(=O)c1cc(I)c(C)cc1N.COC(=O)c1cc(I)c(C)cc1NC(C)=O. The third-order valence-electron chi connectivity index (χ3n) is 8.39. The average Bonchev–Trinajstić information content (AvgIpc) is 3.19. The first-order valence-corrected chi connectivity index (χ1v) is 20.3. The van der Waals surface area contributed by atoms with Crippen LogP contribution in [0.2, 0.25) is 0 Å². The summed E-state index contributed by atoms with van der Waals surface area (Å²) in [4.78, 5) is 90.4. The van der Waals surface area contributed by atoms with Crippen molar-refractivity contribution >= 4 is 115 Å². The van der Waals surface area contributed by atoms with Crippen LogP contribution in [0.3, 0.4) is 0 Å². The summed E-state index contributed by atoms with van der Waals surface area (Å²) < 4.78 is 20.4. The van der Waals surface area contributed by atoms with E-state index < -0.39 is 23.9 Å². The Hall–Kier alpha value is -5.90. The Morgan fingerprint density at radius 2 is 0.694 bits per heavy atom. The average molecular weight is 1080 g/mol. The molecule has 0 fully saturated rings. The number of amides is 2. The summed E-state index contributed by atoms with van der Waals surface area (Å²) in [5, 5.41) is 5.16. The zero-order valence-electron chi connectivity index (χ0n) is 36.4. The van der Waals surface area contributed by atoms with Gasteiger partial charge in [0.05, 0.1) is 62.1 Å². The molecule has 0 aliphatic heterocycles. The van der Waals surface area contributed by atoms with E-state index in [-0.39, 0.29) is 34.5 Å². The van der Waals surface area contributed by atoms with Gasteiger partial charge in [-0.25, -0.2) is 19.2 Å². The molecule has 4 aromatic rings. The van der Waals surface area contributed by atoms with E-state index in [0.29, 0.717) is 50.6 Å². The molecule has 0 saturated heterocycles. The Morgan fingerprint density at radius 3 is 1.06 bits per heavy atom. The molecule has 0 unspecified atom stereocenters. The lowest BCUT2D eigenvalue weighted by Crippen LogP contribution is -2.14. The van der Waals surface area contributed by atoms with Gasteiger partial charge in [-0.05, 0) is 158 Å². The lowest BCUT2D eigenvalue weighted by molar-refractivity contribution is -0.115. The topological polar surface area (TPSA) is 250 Å². The predicted octanol–water partition coefficient (Wildman–Crippen LogP) is 7.82. The maximum absolute atomic E-state index is 11.6. The molecular weight excluding hydrogens is 1030 g/mol. The third kappa shape index (κ3) is 15.9. The first-order valence-electron chi connectivity index (χ1n) is 18.2. The van der Waals surface area contributed by atoms with E-state index in [1.807, 2.05) is 13.8 Å². The minimum Gasteiger partial charge on any atom is -0.465 e. The molecule has 332 valence electrons. The van der Waals surface area contributed by atoms with Crippen molar-refractivity contribution in [3.63, 3.8) is 0 Å². The number of nitrogens with one attached hydrogen (secondary N) is 2. The van der Waals surface area contributed by atoms with E-state index in [2.05, 4.69) is 74.8 Å². The zero-order valence-corrected chi connectivity index (χ0v) is 40.7. The van der Waals surface area contributed by atoms with Crippen molar-refractivity contribution in [2.24, 2.45) is 0 Å². The summed E-state index contributed by atoms with van der Waals surface area (Å²) in [7, 11) is 5.17. The molecular formula is C44H50I2N4O12. The number of anilines is 4. The van der Waals surface area contributed by atoms with E-state index >= 15 is 0 Å². The quantitative estimate of drug-likeness (QED) is 0.0432. The second-order valence-corrected chi connectivity index (χ2v) is 15.6. The number of nitrogen functional groups attached to an aromatic ring is 2. The molecule has 6 N–H and O–H groups in total. The van der Waals surface area contributed by atoms with E-state index in [9.17, 15) is 38.4 Å². The highest BCUT2D eigenvalue weighted by atomic mass is 127. The predicted molar refractivity (Wildman–Crippen MR) is 253 cm³/mol. The molecule has 0 aliphatic carbocycles. The fraction of sp³-hybridized carbons (Fsp3) is 0.273. The van der Waals surface area contributed by atoms with E-state index in [1.165, 1.54) is 68.3 Å². The molecule has 4 aromatic carbocycles. The molecule has 0 bridgehead atoms. The first-order chi connectivity index (χ1) is 28.8. The molecule has 4 rings (SSSR count). The van der Waals surface area contributed by atoms with Gasteiger partial charge in [0.15, 0.2) is 11.6 Å². The summed E-state index contributed by atoms with van der Waals surface area (Å²) >= 11 is 4.28. The number of ether oxygens (including phenoxy) is 4. The van der Waals surface area contributed by atoms with Gasteiger partial charge in [-0.1, -0.05) is 0 Å². The Kier molecular flexibility index (Phi) is 21.9. The van der Waals surface area contributed by atoms with Crippen molar-refractivity contribution in [2.45, 2.75) is 55.4 Å². The van der Waals surface area contributed by atoms with Crippen molar-refractivity contribution in [1.82, 2.24) is 0 Å². The summed E-state index contributed by atoms with van der Waals surface area (Å²) in [5.74, 6) is -2.74. The maximum Gasteiger partial charge on any atom is 0.340 e. The van der Waals surface area contributed by atoms with Crippen LogP contribution in [0.25, 0.3) is 0 Å². The van der Waals surface area contributed by atoms with Crippen LogP contribution in [0.15, 0.2) is 48.5 Å². The molecule has 16 nitrogen and oxygen atoms in total. The van der Waals surface area contributed by atoms with Gasteiger partial charge in [0.25, 0.3) is 0 Å². The van der Waals surface area contributed by atoms with Crippen molar-refractivity contribution in [3.05, 3.63) is 111 Å². The number of esters is 4. The molecule has 0 heterocycles. The number of rotatable bonds is 8. The second-order valence-electron chi connectivity index (χ2n) is 13.2. The highest BCUT2D eigenvalue weighted by Crippen LogP contribution is 2.25. The van der Waals surface area contributed by atoms with E-state index in [0.717, 1.165) is 23.8 Å². The lowest BCUT2D eigenvalue weighted by atomic mass is 10.00. The van der Waals surface area contributed by atoms with Crippen LogP contribution in [0, 0.1) is 34.8 Å². The lowest BCUT2D eigenvalue weighted by Gasteiger charge is -2.12. The van der Waals surface area contributed by atoms with Crippen LogP contribution in [-0.2, 0) is 28.5 Å². The molecule has 0 saturated carbocycles. The Bertz CT molecular complexity index is 2400. The maximum atomic E-state index is 11.6. The number of hydrogen-bond donors (Lipinski definition) is 4. The van der Waals surface area contributed by atoms with Gasteiger partial charge >= 0.3 is 23.9 Å². The number of methoxy groups -OCH3 is 4. The number of benzene rings is 4. The van der Waals surface area contributed by atoms with Gasteiger partial charge < -0.3 is 41.0 Å². The van der Waals surface area contributed by atoms with Crippen molar-refractivity contribution in [1.29, 1.82) is 0 Å². The minimum atomic E-state index is -0.596. The minimum absolute atomic E-state index is 0.0994. The molecule has 2 amide bonds. The third-order valence-corrected chi connectivity index (χ3v) is 10.7. The highest BCUT2D eigenvalue weighted by molar-refractivity contribution is 14.1. The number of carbonyl (C=O) groups excluding carboxylic acids is 8. The van der Waals surface area contributed by atoms with Gasteiger partial charge in [0.2, 0.25) is 11.8 Å². The largest absolute Gasteiger partial charge is 0.465 e. The Labute approximate surface area is 387 Å². The Morgan fingerprint density at radius 1 is 0.419 bits per heavy atom. The van der Waals surface area contributed by atoms with E-state index in [4.69, 9.17) is 11.5 Å². The molecule has 0 aliphatic rings. The molecule has 18 heteroatoms. The molecule has 0 spiro atoms. The van der Waals surface area contributed by atoms with Crippen molar-refractivity contribution in [2.75, 3.05) is 50.5 Å². The summed E-state index contributed by atoms with van der Waals surface area (Å²) in [6.07, 6.45) is 0. The normalized spacial score (nSPS) is 9.77. The van der Waals surface area contributed by atoms with Crippen molar-refractivity contribution in [3.8, 4) is 0 Å². The summed E-state index contributed by atoms with van der Waals surface area (Å²) in [5.41, 5.74) is 18.6. The number of aryl methyl sites for hydroxylation is 4. The first kappa shape index (κ1) is 54.1. The van der Waals surface area contributed by atoms with Gasteiger partial charge in [0, 0.05) is 43.5 Å². The second kappa shape index (κ2) is 25.1. The highest BCUT2D eigenvalue weighted by Gasteiger charge is 2.19. The van der Waals surface area contributed by atoms with Crippen LogP contribution < -0.4 is 22.1 Å². The fourth-order valence-electron chi connectivity index (χ4n) is 5.30. The zero-order chi connectivity index (χ0) is 47.8. The Balaban J connectivity index is 0.000000416. The standard InChI is InChI=1S/C13H15NO4.C11H12INO3.C11H13NO3.C9H10INO2/c1-7-5-12(14-9(3)16)11(13(17)18-4)6-10(7)8(2)15;1-6-4-10(13-7(2)14)8(5-9(6)12)11(15)16-3;1-6-4-10(12)9(11(14)15-3)5-8(6)7(2)13;1-5-3-8(11)6(4-7(5)10)9(12)13-2/h5-6H,1-4H3,(H,14,16);4-5H,1-3H3,(H,13,14);4-5H,12H2,1-3H3;3-4H,11H2,1-2H3. The molecule has 62 heavy (non-hydrogen) atoms. The number of nitrogens with two attached hydrogens (primary N) is 2. The van der Waals surface area contributed by atoms with Gasteiger partial charge in [0.1, 0.15) is 0 Å². The smallest absolute Gasteiger partial charge is 0.340 e. The summed E-state index contributed by atoms with van der Waals surface area (Å²) in [6.45, 7) is 13.0. The van der Waals surface area contributed by atoms with E-state index in [1.54, 1.807) is 50.2 Å². The molecule has 0 aromatic heterocycles. The number of carbonyl (C=O) groups is 8. The number of halogens is 2. The number of Topliss-reactive ketones (excluding diaryl/α,β-unsaturated/α-hetero) is 2. The molecule has 0 radical (unpaired) electrons. The van der Waals surface area contributed by atoms with Crippen molar-refractivity contribution < 1.29 is 57.3 Å². The van der Waals surface area contributed by atoms with Crippen LogP contribution in [0.1, 0.15) is 112 Å². The van der Waals surface area contributed by atoms with Crippen LogP contribution >= 0.6 is 45.2 Å². The summed E-state index contributed by atoms with van der Waals surface area (Å²) in [6, 6.07) is 13.1. The van der Waals surface area contributed by atoms with Crippen LogP contribution in [0.5, 0.6) is 0 Å². The van der Waals surface area contributed by atoms with Crippen LogP contribution in [-0.4, -0.2) is 75.7 Å². The monoisotopic (exact) mass is 1080 g/mol. The molecule has 0 atom stereocenters. The number of hydrogen-bond acceptors (Lipinski definition) is 14. The fourth-order valence-corrected chi connectivity index (χ4v) is 6.23. The van der Waals surface area contributed by atoms with Crippen LogP contribution in [0.4, 0.5) is 22.7 Å². The number of ketones is 2. The van der Waals surface area contributed by atoms with Gasteiger partial charge in [-0.15, -0.1) is 0 Å². The van der Waals surface area contributed by atoms with Gasteiger partial charge in [-0.2, -0.15) is 0 Å². The van der Waals surface area contributed by atoms with Gasteiger partial charge in [-0.3, -0.25) is 19.2 Å².